The Kier molecular flexibility index (Phi) is 3.09. The van der Waals surface area contributed by atoms with Gasteiger partial charge in [-0.15, -0.1) is 0 Å². The lowest BCUT2D eigenvalue weighted by atomic mass is 9.79. The predicted molar refractivity (Wildman–Crippen MR) is 55.0 cm³/mol. The molecule has 0 aromatic heterocycles. The highest BCUT2D eigenvalue weighted by atomic mass is 19.4. The Hall–Kier alpha value is -1.17. The van der Waals surface area contributed by atoms with Crippen molar-refractivity contribution in [3.63, 3.8) is 0 Å². The van der Waals surface area contributed by atoms with Crippen LogP contribution in [0.3, 0.4) is 0 Å². The molecular weight excluding hydrogens is 220 g/mol. The van der Waals surface area contributed by atoms with Gasteiger partial charge in [0, 0.05) is 6.42 Å². The van der Waals surface area contributed by atoms with E-state index in [1.54, 1.807) is 0 Å². The number of ether oxygens (including phenoxy) is 2. The summed E-state index contributed by atoms with van der Waals surface area (Å²) in [4.78, 5) is 0. The van der Waals surface area contributed by atoms with Crippen LogP contribution in [0.5, 0.6) is 5.75 Å². The molecule has 2 rings (SSSR count). The molecule has 2 nitrogen and oxygen atoms in total. The van der Waals surface area contributed by atoms with Gasteiger partial charge in [0.05, 0.1) is 19.0 Å². The van der Waals surface area contributed by atoms with Gasteiger partial charge in [-0.3, -0.25) is 0 Å². The molecule has 16 heavy (non-hydrogen) atoms. The Bertz CT molecular complexity index is 361. The quantitative estimate of drug-likeness (QED) is 0.739. The molecule has 1 fully saturated rings. The lowest BCUT2D eigenvalue weighted by molar-refractivity contribution is 0.142. The van der Waals surface area contributed by atoms with Crippen molar-refractivity contribution in [1.82, 2.24) is 0 Å². The first-order chi connectivity index (χ1) is 7.57. The Morgan fingerprint density at radius 3 is 2.62 bits per heavy atom. The van der Waals surface area contributed by atoms with E-state index in [9.17, 15) is 12.9 Å². The van der Waals surface area contributed by atoms with Gasteiger partial charge >= 0.3 is 6.98 Å². The summed E-state index contributed by atoms with van der Waals surface area (Å²) in [6.07, 6.45) is 0.374. The van der Waals surface area contributed by atoms with Gasteiger partial charge in [0.2, 0.25) is 0 Å². The van der Waals surface area contributed by atoms with Gasteiger partial charge in [0.15, 0.2) is 0 Å². The summed E-state index contributed by atoms with van der Waals surface area (Å²) in [7, 11) is 0. The Morgan fingerprint density at radius 1 is 1.25 bits per heavy atom. The first-order valence-corrected chi connectivity index (χ1v) is 5.10. The number of hydrogen-bond acceptors (Lipinski definition) is 2. The van der Waals surface area contributed by atoms with Crippen LogP contribution in [0.25, 0.3) is 0 Å². The minimum absolute atomic E-state index is 0.0921. The zero-order chi connectivity index (χ0) is 11.6. The molecule has 1 aliphatic heterocycles. The summed E-state index contributed by atoms with van der Waals surface area (Å²) in [6.45, 7) is -4.12. The fraction of sp³-hybridized carbons (Fsp3) is 0.400. The maximum absolute atomic E-state index is 12.7. The highest BCUT2D eigenvalue weighted by molar-refractivity contribution is 6.74. The molecule has 1 aromatic rings. The fourth-order valence-corrected chi connectivity index (χ4v) is 1.64. The molecule has 1 atom stereocenters. The average Bonchev–Trinajstić information content (AvgIpc) is 2.70. The van der Waals surface area contributed by atoms with E-state index < -0.39 is 12.4 Å². The smallest absolute Gasteiger partial charge is 0.491 e. The molecule has 0 saturated carbocycles. The minimum atomic E-state index is -5.03. The van der Waals surface area contributed by atoms with Crippen LogP contribution in [0.4, 0.5) is 12.9 Å². The molecule has 0 radical (unpaired) electrons. The number of para-hydroxylation sites is 1. The van der Waals surface area contributed by atoms with Gasteiger partial charge in [-0.2, -0.15) is 0 Å². The van der Waals surface area contributed by atoms with Crippen molar-refractivity contribution in [2.24, 2.45) is 0 Å². The zero-order valence-electron chi connectivity index (χ0n) is 8.54. The normalized spacial score (nSPS) is 21.1. The average molecular weight is 231 g/mol. The lowest BCUT2D eigenvalue weighted by Gasteiger charge is -2.21. The molecule has 1 aliphatic rings. The molecule has 1 unspecified atom stereocenters. The monoisotopic (exact) mass is 231 g/mol. The fourth-order valence-electron chi connectivity index (χ4n) is 1.64. The van der Waals surface area contributed by atoms with E-state index in [1.165, 1.54) is 18.2 Å². The van der Waals surface area contributed by atoms with E-state index in [1.807, 2.05) is 0 Å². The molecular formula is C10H11BF3O2-. The van der Waals surface area contributed by atoms with E-state index >= 15 is 0 Å². The summed E-state index contributed by atoms with van der Waals surface area (Å²) in [5, 5.41) is 0. The van der Waals surface area contributed by atoms with Crippen LogP contribution in [0.1, 0.15) is 6.42 Å². The second-order valence-corrected chi connectivity index (χ2v) is 3.72. The topological polar surface area (TPSA) is 18.5 Å². The molecule has 6 heteroatoms. The highest BCUT2D eigenvalue weighted by Crippen LogP contribution is 2.20. The van der Waals surface area contributed by atoms with Gasteiger partial charge in [0.1, 0.15) is 6.10 Å². The Morgan fingerprint density at radius 2 is 2.00 bits per heavy atom. The number of hydrogen-bond donors (Lipinski definition) is 0. The molecule has 0 N–H and O–H groups in total. The van der Waals surface area contributed by atoms with Crippen LogP contribution in [-0.2, 0) is 4.74 Å². The largest absolute Gasteiger partial charge is 0.513 e. The molecule has 0 spiro atoms. The molecule has 1 aromatic carbocycles. The summed E-state index contributed by atoms with van der Waals surface area (Å²) < 4.78 is 48.4. The maximum Gasteiger partial charge on any atom is 0.513 e. The summed E-state index contributed by atoms with van der Waals surface area (Å²) in [6, 6.07) is 5.30. The van der Waals surface area contributed by atoms with Gasteiger partial charge in [-0.1, -0.05) is 23.7 Å². The van der Waals surface area contributed by atoms with Gasteiger partial charge < -0.3 is 22.4 Å². The molecule has 1 saturated heterocycles. The first kappa shape index (κ1) is 11.3. The summed E-state index contributed by atoms with van der Waals surface area (Å²) in [5.74, 6) is -0.0921. The molecule has 0 aliphatic carbocycles. The second-order valence-electron chi connectivity index (χ2n) is 3.72. The van der Waals surface area contributed by atoms with Crippen molar-refractivity contribution < 1.29 is 22.4 Å². The minimum Gasteiger partial charge on any atom is -0.491 e. The van der Waals surface area contributed by atoms with Gasteiger partial charge in [0.25, 0.3) is 0 Å². The van der Waals surface area contributed by atoms with E-state index in [0.717, 1.165) is 6.07 Å². The Balaban J connectivity index is 2.19. The van der Waals surface area contributed by atoms with E-state index in [0.29, 0.717) is 19.6 Å². The lowest BCUT2D eigenvalue weighted by Crippen LogP contribution is -2.36. The van der Waals surface area contributed by atoms with Crippen LogP contribution < -0.4 is 10.2 Å². The van der Waals surface area contributed by atoms with Crippen molar-refractivity contribution in [2.45, 2.75) is 12.5 Å². The van der Waals surface area contributed by atoms with Crippen LogP contribution in [0.2, 0.25) is 0 Å². The predicted octanol–water partition coefficient (Wildman–Crippen LogP) is 1.91. The van der Waals surface area contributed by atoms with Gasteiger partial charge in [-0.05, 0) is 6.07 Å². The van der Waals surface area contributed by atoms with Crippen molar-refractivity contribution in [3.8, 4) is 5.75 Å². The molecule has 0 bridgehead atoms. The third kappa shape index (κ3) is 2.50. The van der Waals surface area contributed by atoms with Crippen LogP contribution in [-0.4, -0.2) is 26.3 Å². The van der Waals surface area contributed by atoms with E-state index in [4.69, 9.17) is 9.47 Å². The SMILES string of the molecule is F[B-](F)(F)c1ccccc1OC1CCOC1. The van der Waals surface area contributed by atoms with Crippen LogP contribution in [0, 0.1) is 0 Å². The van der Waals surface area contributed by atoms with Crippen LogP contribution >= 0.6 is 0 Å². The van der Waals surface area contributed by atoms with Crippen molar-refractivity contribution >= 4 is 12.4 Å². The van der Waals surface area contributed by atoms with Crippen molar-refractivity contribution in [2.75, 3.05) is 13.2 Å². The first-order valence-electron chi connectivity index (χ1n) is 5.10. The molecule has 0 amide bonds. The molecule has 1 heterocycles. The number of rotatable bonds is 3. The van der Waals surface area contributed by atoms with Crippen molar-refractivity contribution in [3.05, 3.63) is 24.3 Å². The van der Waals surface area contributed by atoms with Crippen molar-refractivity contribution in [1.29, 1.82) is 0 Å². The number of benzene rings is 1. The van der Waals surface area contributed by atoms with Crippen LogP contribution in [0.15, 0.2) is 24.3 Å². The third-order valence-electron chi connectivity index (χ3n) is 2.45. The standard InChI is InChI=1S/C10H11BF3O2/c12-11(13,14)9-3-1-2-4-10(9)16-8-5-6-15-7-8/h1-4,8H,5-7H2/q-1. The summed E-state index contributed by atoms with van der Waals surface area (Å²) in [5.41, 5.74) is -0.672. The summed E-state index contributed by atoms with van der Waals surface area (Å²) >= 11 is 0. The highest BCUT2D eigenvalue weighted by Gasteiger charge is 2.30. The van der Waals surface area contributed by atoms with E-state index in [-0.39, 0.29) is 11.9 Å². The second kappa shape index (κ2) is 4.37. The molecule has 88 valence electrons. The third-order valence-corrected chi connectivity index (χ3v) is 2.45. The van der Waals surface area contributed by atoms with E-state index in [2.05, 4.69) is 0 Å². The Labute approximate surface area is 91.4 Å². The maximum atomic E-state index is 12.7. The zero-order valence-corrected chi connectivity index (χ0v) is 8.54. The number of halogens is 3. The van der Waals surface area contributed by atoms with Gasteiger partial charge in [-0.25, -0.2) is 0 Å².